The molecule has 5 nitrogen and oxygen atoms in total. The predicted molar refractivity (Wildman–Crippen MR) is 71.5 cm³/mol. The van der Waals surface area contributed by atoms with E-state index < -0.39 is 4.92 Å². The van der Waals surface area contributed by atoms with E-state index in [1.807, 2.05) is 12.1 Å². The van der Waals surface area contributed by atoms with Crippen LogP contribution in [0.15, 0.2) is 52.5 Å². The van der Waals surface area contributed by atoms with Gasteiger partial charge in [-0.15, -0.1) is 0 Å². The summed E-state index contributed by atoms with van der Waals surface area (Å²) in [7, 11) is 0. The van der Waals surface area contributed by atoms with Gasteiger partial charge in [0.15, 0.2) is 5.78 Å². The van der Waals surface area contributed by atoms with Crippen LogP contribution < -0.4 is 0 Å². The van der Waals surface area contributed by atoms with Gasteiger partial charge in [-0.05, 0) is 31.2 Å². The molecule has 0 saturated carbocycles. The number of pyridine rings is 1. The number of carbonyl (C=O) groups excluding carboxylic acids is 1. The second kappa shape index (κ2) is 5.62. The molecule has 0 saturated heterocycles. The molecule has 1 aromatic heterocycles. The molecule has 19 heavy (non-hydrogen) atoms. The Labute approximate surface area is 113 Å². The molecule has 0 fully saturated rings. The summed E-state index contributed by atoms with van der Waals surface area (Å²) < 4.78 is 0. The van der Waals surface area contributed by atoms with Crippen molar-refractivity contribution < 1.29 is 9.72 Å². The maximum Gasteiger partial charge on any atom is 0.281 e. The highest BCUT2D eigenvalue weighted by atomic mass is 32.2. The number of nitro groups is 1. The molecule has 1 aromatic carbocycles. The molecule has 0 spiro atoms. The third-order valence-corrected chi connectivity index (χ3v) is 3.35. The molecular weight excluding hydrogens is 264 g/mol. The normalized spacial score (nSPS) is 10.2. The van der Waals surface area contributed by atoms with Gasteiger partial charge in [0.1, 0.15) is 5.03 Å². The van der Waals surface area contributed by atoms with Crippen LogP contribution in [0.4, 0.5) is 5.69 Å². The number of rotatable bonds is 4. The fraction of sp³-hybridized carbons (Fsp3) is 0.0769. The average Bonchev–Trinajstić information content (AvgIpc) is 2.39. The highest BCUT2D eigenvalue weighted by molar-refractivity contribution is 7.99. The zero-order valence-electron chi connectivity index (χ0n) is 10.1. The van der Waals surface area contributed by atoms with Crippen molar-refractivity contribution >= 4 is 23.2 Å². The Balaban J connectivity index is 2.36. The Bertz CT molecular complexity index is 629. The van der Waals surface area contributed by atoms with E-state index >= 15 is 0 Å². The van der Waals surface area contributed by atoms with E-state index in [1.165, 1.54) is 30.8 Å². The Kier molecular flexibility index (Phi) is 3.91. The van der Waals surface area contributed by atoms with Crippen LogP contribution in [0.25, 0.3) is 0 Å². The summed E-state index contributed by atoms with van der Waals surface area (Å²) in [6.07, 6.45) is 1.65. The molecule has 0 bridgehead atoms. The molecule has 0 amide bonds. The smallest absolute Gasteiger partial charge is 0.281 e. The summed E-state index contributed by atoms with van der Waals surface area (Å²) in [5.41, 5.74) is -0.0520. The lowest BCUT2D eigenvalue weighted by Crippen LogP contribution is -2.00. The standard InChI is InChI=1S/C13H10N2O3S/c1-9(16)11-6-5-10(8-12(11)15(17)18)19-13-4-2-3-7-14-13/h2-8H,1H3. The molecule has 96 valence electrons. The van der Waals surface area contributed by atoms with E-state index in [-0.39, 0.29) is 17.0 Å². The summed E-state index contributed by atoms with van der Waals surface area (Å²) in [6, 6.07) is 10.0. The van der Waals surface area contributed by atoms with Crippen molar-refractivity contribution in [3.05, 3.63) is 58.3 Å². The first kappa shape index (κ1) is 13.2. The van der Waals surface area contributed by atoms with Crippen LogP contribution in [0.5, 0.6) is 0 Å². The number of Topliss-reactive ketones (excluding diaryl/α,β-unsaturated/α-hetero) is 1. The Morgan fingerprint density at radius 1 is 1.32 bits per heavy atom. The number of hydrogen-bond acceptors (Lipinski definition) is 5. The van der Waals surface area contributed by atoms with E-state index in [9.17, 15) is 14.9 Å². The lowest BCUT2D eigenvalue weighted by molar-refractivity contribution is -0.385. The molecule has 6 heteroatoms. The quantitative estimate of drug-likeness (QED) is 0.485. The fourth-order valence-corrected chi connectivity index (χ4v) is 2.36. The molecule has 0 N–H and O–H groups in total. The van der Waals surface area contributed by atoms with Crippen LogP contribution in [0, 0.1) is 10.1 Å². The summed E-state index contributed by atoms with van der Waals surface area (Å²) in [6.45, 7) is 1.31. The highest BCUT2D eigenvalue weighted by Gasteiger charge is 2.18. The van der Waals surface area contributed by atoms with Crippen molar-refractivity contribution in [2.24, 2.45) is 0 Å². The minimum atomic E-state index is -0.542. The number of nitrogens with zero attached hydrogens (tertiary/aromatic N) is 2. The summed E-state index contributed by atoms with van der Waals surface area (Å²) >= 11 is 1.31. The zero-order valence-corrected chi connectivity index (χ0v) is 10.9. The van der Waals surface area contributed by atoms with Crippen molar-refractivity contribution in [2.45, 2.75) is 16.8 Å². The molecule has 1 heterocycles. The molecule has 0 unspecified atom stereocenters. The average molecular weight is 274 g/mol. The van der Waals surface area contributed by atoms with Crippen LogP contribution in [-0.4, -0.2) is 15.7 Å². The zero-order chi connectivity index (χ0) is 13.8. The summed E-state index contributed by atoms with van der Waals surface area (Å²) in [5, 5.41) is 11.7. The van der Waals surface area contributed by atoms with Gasteiger partial charge < -0.3 is 0 Å². The Morgan fingerprint density at radius 3 is 2.68 bits per heavy atom. The lowest BCUT2D eigenvalue weighted by atomic mass is 10.1. The van der Waals surface area contributed by atoms with Gasteiger partial charge >= 0.3 is 0 Å². The van der Waals surface area contributed by atoms with Crippen LogP contribution in [0.3, 0.4) is 0 Å². The molecule has 0 aliphatic heterocycles. The Hall–Kier alpha value is -2.21. The molecule has 2 aromatic rings. The van der Waals surface area contributed by atoms with E-state index in [0.717, 1.165) is 5.03 Å². The molecule has 2 rings (SSSR count). The second-order valence-electron chi connectivity index (χ2n) is 3.76. The number of hydrogen-bond donors (Lipinski definition) is 0. The lowest BCUT2D eigenvalue weighted by Gasteiger charge is -2.03. The van der Waals surface area contributed by atoms with Crippen molar-refractivity contribution in [2.75, 3.05) is 0 Å². The Morgan fingerprint density at radius 2 is 2.11 bits per heavy atom. The first-order valence-corrected chi connectivity index (χ1v) is 6.28. The van der Waals surface area contributed by atoms with E-state index in [2.05, 4.69) is 4.98 Å². The predicted octanol–water partition coefficient (Wildman–Crippen LogP) is 3.34. The van der Waals surface area contributed by atoms with Gasteiger partial charge in [0, 0.05) is 17.2 Å². The summed E-state index contributed by atoms with van der Waals surface area (Å²) in [5.74, 6) is -0.318. The van der Waals surface area contributed by atoms with Crippen LogP contribution in [-0.2, 0) is 0 Å². The number of nitro benzene ring substituents is 1. The first-order valence-electron chi connectivity index (χ1n) is 5.46. The molecule has 0 atom stereocenters. The minimum Gasteiger partial charge on any atom is -0.294 e. The molecule has 0 aliphatic carbocycles. The van der Waals surface area contributed by atoms with Gasteiger partial charge in [-0.25, -0.2) is 4.98 Å². The maximum absolute atomic E-state index is 11.3. The van der Waals surface area contributed by atoms with Crippen molar-refractivity contribution in [3.63, 3.8) is 0 Å². The second-order valence-corrected chi connectivity index (χ2v) is 4.86. The van der Waals surface area contributed by atoms with Gasteiger partial charge in [0.25, 0.3) is 5.69 Å². The topological polar surface area (TPSA) is 73.1 Å². The largest absolute Gasteiger partial charge is 0.294 e. The fourth-order valence-electron chi connectivity index (χ4n) is 1.55. The van der Waals surface area contributed by atoms with Gasteiger partial charge in [-0.1, -0.05) is 17.8 Å². The summed E-state index contributed by atoms with van der Waals surface area (Å²) in [4.78, 5) is 26.5. The number of ketones is 1. The minimum absolute atomic E-state index is 0.121. The van der Waals surface area contributed by atoms with E-state index in [4.69, 9.17) is 0 Å². The van der Waals surface area contributed by atoms with Crippen molar-refractivity contribution in [1.82, 2.24) is 4.98 Å². The number of benzene rings is 1. The van der Waals surface area contributed by atoms with Crippen molar-refractivity contribution in [1.29, 1.82) is 0 Å². The SMILES string of the molecule is CC(=O)c1ccc(Sc2ccccn2)cc1[N+](=O)[O-]. The van der Waals surface area contributed by atoms with Gasteiger partial charge in [0.2, 0.25) is 0 Å². The van der Waals surface area contributed by atoms with Gasteiger partial charge in [-0.2, -0.15) is 0 Å². The first-order chi connectivity index (χ1) is 9.08. The molecule has 0 radical (unpaired) electrons. The highest BCUT2D eigenvalue weighted by Crippen LogP contribution is 2.30. The van der Waals surface area contributed by atoms with Gasteiger partial charge in [-0.3, -0.25) is 14.9 Å². The van der Waals surface area contributed by atoms with Crippen LogP contribution in [0.1, 0.15) is 17.3 Å². The third kappa shape index (κ3) is 3.17. The van der Waals surface area contributed by atoms with E-state index in [1.54, 1.807) is 18.3 Å². The van der Waals surface area contributed by atoms with Crippen LogP contribution in [0.2, 0.25) is 0 Å². The van der Waals surface area contributed by atoms with Crippen LogP contribution >= 0.6 is 11.8 Å². The molecular formula is C13H10N2O3S. The maximum atomic E-state index is 11.3. The van der Waals surface area contributed by atoms with Crippen molar-refractivity contribution in [3.8, 4) is 0 Å². The number of aromatic nitrogens is 1. The van der Waals surface area contributed by atoms with E-state index in [0.29, 0.717) is 4.90 Å². The molecule has 0 aliphatic rings. The van der Waals surface area contributed by atoms with Gasteiger partial charge in [0.05, 0.1) is 10.5 Å². The number of carbonyl (C=O) groups is 1. The monoisotopic (exact) mass is 274 g/mol. The third-order valence-electron chi connectivity index (χ3n) is 2.41.